The summed E-state index contributed by atoms with van der Waals surface area (Å²) in [5, 5.41) is 0. The number of carbonyl (C=O) groups is 1. The van der Waals surface area contributed by atoms with Gasteiger partial charge in [-0.1, -0.05) is 12.1 Å². The molecule has 1 aliphatic rings. The van der Waals surface area contributed by atoms with Crippen molar-refractivity contribution in [3.05, 3.63) is 34.1 Å². The second-order valence-corrected chi connectivity index (χ2v) is 5.08. The van der Waals surface area contributed by atoms with Crippen molar-refractivity contribution < 1.29 is 9.18 Å². The Hall–Kier alpha value is -0.700. The summed E-state index contributed by atoms with van der Waals surface area (Å²) >= 11 is 3.15. The zero-order valence-electron chi connectivity index (χ0n) is 8.52. The van der Waals surface area contributed by atoms with Gasteiger partial charge in [0.25, 0.3) is 0 Å². The first kappa shape index (κ1) is 10.8. The van der Waals surface area contributed by atoms with Crippen molar-refractivity contribution in [2.24, 2.45) is 5.41 Å². The SMILES string of the molecule is CC(=O)C1(Cc2cccc(Br)c2F)CC1. The van der Waals surface area contributed by atoms with E-state index in [-0.39, 0.29) is 17.0 Å². The number of hydrogen-bond acceptors (Lipinski definition) is 1. The molecule has 80 valence electrons. The second-order valence-electron chi connectivity index (χ2n) is 4.23. The van der Waals surface area contributed by atoms with Gasteiger partial charge in [-0.2, -0.15) is 0 Å². The number of Topliss-reactive ketones (excluding diaryl/α,β-unsaturated/α-hetero) is 1. The maximum absolute atomic E-state index is 13.7. The summed E-state index contributed by atoms with van der Waals surface area (Å²) < 4.78 is 14.1. The van der Waals surface area contributed by atoms with E-state index in [0.29, 0.717) is 16.5 Å². The Labute approximate surface area is 96.8 Å². The average Bonchev–Trinajstić information content (AvgIpc) is 2.94. The molecule has 0 unspecified atom stereocenters. The van der Waals surface area contributed by atoms with Gasteiger partial charge in [-0.05, 0) is 53.7 Å². The molecule has 0 saturated heterocycles. The van der Waals surface area contributed by atoms with Crippen LogP contribution in [0.1, 0.15) is 25.3 Å². The van der Waals surface area contributed by atoms with Crippen LogP contribution in [0.4, 0.5) is 4.39 Å². The third-order valence-corrected chi connectivity index (χ3v) is 3.77. The fourth-order valence-electron chi connectivity index (χ4n) is 1.85. The molecule has 0 heterocycles. The second kappa shape index (κ2) is 3.71. The molecule has 0 spiro atoms. The summed E-state index contributed by atoms with van der Waals surface area (Å²) in [4.78, 5) is 11.4. The average molecular weight is 271 g/mol. The number of ketones is 1. The maximum Gasteiger partial charge on any atom is 0.140 e. The van der Waals surface area contributed by atoms with Crippen LogP contribution in [0, 0.1) is 11.2 Å². The third-order valence-electron chi connectivity index (χ3n) is 3.16. The lowest BCUT2D eigenvalue weighted by molar-refractivity contribution is -0.121. The van der Waals surface area contributed by atoms with Gasteiger partial charge in [0.05, 0.1) is 4.47 Å². The van der Waals surface area contributed by atoms with Gasteiger partial charge < -0.3 is 0 Å². The van der Waals surface area contributed by atoms with Crippen LogP contribution in [0.2, 0.25) is 0 Å². The van der Waals surface area contributed by atoms with Crippen LogP contribution in [-0.2, 0) is 11.2 Å². The van der Waals surface area contributed by atoms with Crippen LogP contribution < -0.4 is 0 Å². The molecule has 0 radical (unpaired) electrons. The fraction of sp³-hybridized carbons (Fsp3) is 0.417. The van der Waals surface area contributed by atoms with Crippen LogP contribution in [-0.4, -0.2) is 5.78 Å². The monoisotopic (exact) mass is 270 g/mol. The van der Waals surface area contributed by atoms with E-state index in [1.807, 2.05) is 0 Å². The highest BCUT2D eigenvalue weighted by Crippen LogP contribution is 2.49. The van der Waals surface area contributed by atoms with Crippen molar-refractivity contribution in [1.82, 2.24) is 0 Å². The van der Waals surface area contributed by atoms with Gasteiger partial charge in [-0.3, -0.25) is 4.79 Å². The normalized spacial score (nSPS) is 17.5. The van der Waals surface area contributed by atoms with Gasteiger partial charge in [0.15, 0.2) is 0 Å². The summed E-state index contributed by atoms with van der Waals surface area (Å²) in [6.07, 6.45) is 2.33. The van der Waals surface area contributed by atoms with Crippen LogP contribution >= 0.6 is 15.9 Å². The van der Waals surface area contributed by atoms with Gasteiger partial charge in [0, 0.05) is 5.41 Å². The minimum atomic E-state index is -0.262. The quantitative estimate of drug-likeness (QED) is 0.822. The van der Waals surface area contributed by atoms with E-state index in [1.165, 1.54) is 0 Å². The molecule has 2 rings (SSSR count). The lowest BCUT2D eigenvalue weighted by Gasteiger charge is -2.12. The molecule has 0 N–H and O–H groups in total. The van der Waals surface area contributed by atoms with Gasteiger partial charge in [-0.25, -0.2) is 4.39 Å². The Morgan fingerprint density at radius 2 is 2.20 bits per heavy atom. The van der Waals surface area contributed by atoms with Crippen molar-refractivity contribution in [3.8, 4) is 0 Å². The van der Waals surface area contributed by atoms with Crippen molar-refractivity contribution in [2.45, 2.75) is 26.2 Å². The highest BCUT2D eigenvalue weighted by Gasteiger charge is 2.47. The molecular weight excluding hydrogens is 259 g/mol. The Kier molecular flexibility index (Phi) is 2.67. The summed E-state index contributed by atoms with van der Waals surface area (Å²) in [6, 6.07) is 5.23. The summed E-state index contributed by atoms with van der Waals surface area (Å²) in [5.74, 6) is -0.0492. The predicted octanol–water partition coefficient (Wildman–Crippen LogP) is 3.50. The number of halogens is 2. The molecule has 3 heteroatoms. The Morgan fingerprint density at radius 3 is 2.73 bits per heavy atom. The van der Waals surface area contributed by atoms with Crippen molar-refractivity contribution in [1.29, 1.82) is 0 Å². The molecule has 1 nitrogen and oxygen atoms in total. The van der Waals surface area contributed by atoms with Gasteiger partial charge in [0.2, 0.25) is 0 Å². The lowest BCUT2D eigenvalue weighted by Crippen LogP contribution is -2.15. The van der Waals surface area contributed by atoms with Gasteiger partial charge in [-0.15, -0.1) is 0 Å². The molecule has 1 fully saturated rings. The van der Waals surface area contributed by atoms with Crippen molar-refractivity contribution in [3.63, 3.8) is 0 Å². The highest BCUT2D eigenvalue weighted by atomic mass is 79.9. The van der Waals surface area contributed by atoms with E-state index in [9.17, 15) is 9.18 Å². The Bertz CT molecular complexity index is 410. The summed E-state index contributed by atoms with van der Waals surface area (Å²) in [5.41, 5.74) is 0.374. The number of benzene rings is 1. The number of hydrogen-bond donors (Lipinski definition) is 0. The Balaban J connectivity index is 2.25. The van der Waals surface area contributed by atoms with E-state index in [1.54, 1.807) is 25.1 Å². The Morgan fingerprint density at radius 1 is 1.53 bits per heavy atom. The molecule has 0 amide bonds. The van der Waals surface area contributed by atoms with Gasteiger partial charge in [0.1, 0.15) is 11.6 Å². The van der Waals surface area contributed by atoms with Gasteiger partial charge >= 0.3 is 0 Å². The first-order valence-electron chi connectivity index (χ1n) is 4.99. The number of carbonyl (C=O) groups excluding carboxylic acids is 1. The van der Waals surface area contributed by atoms with Crippen LogP contribution in [0.25, 0.3) is 0 Å². The van der Waals surface area contributed by atoms with E-state index < -0.39 is 0 Å². The molecule has 1 aliphatic carbocycles. The van der Waals surface area contributed by atoms with Crippen molar-refractivity contribution >= 4 is 21.7 Å². The topological polar surface area (TPSA) is 17.1 Å². The molecule has 1 saturated carbocycles. The molecular formula is C12H12BrFO. The maximum atomic E-state index is 13.7. The summed E-state index contributed by atoms with van der Waals surface area (Å²) in [7, 11) is 0. The van der Waals surface area contributed by atoms with E-state index in [2.05, 4.69) is 15.9 Å². The fourth-order valence-corrected chi connectivity index (χ4v) is 2.26. The van der Waals surface area contributed by atoms with Crippen LogP contribution in [0.5, 0.6) is 0 Å². The first-order chi connectivity index (χ1) is 7.05. The molecule has 0 aromatic heterocycles. The van der Waals surface area contributed by atoms with Crippen LogP contribution in [0.15, 0.2) is 22.7 Å². The highest BCUT2D eigenvalue weighted by molar-refractivity contribution is 9.10. The first-order valence-corrected chi connectivity index (χ1v) is 5.78. The minimum absolute atomic E-state index is 0.182. The van der Waals surface area contributed by atoms with Crippen LogP contribution in [0.3, 0.4) is 0 Å². The standard InChI is InChI=1S/C12H12BrFO/c1-8(15)12(5-6-12)7-9-3-2-4-10(13)11(9)14/h2-4H,5-7H2,1H3. The van der Waals surface area contributed by atoms with E-state index in [0.717, 1.165) is 12.8 Å². The largest absolute Gasteiger partial charge is 0.299 e. The summed E-state index contributed by atoms with van der Waals surface area (Å²) in [6.45, 7) is 1.60. The molecule has 0 atom stereocenters. The molecule has 1 aromatic carbocycles. The lowest BCUT2D eigenvalue weighted by atomic mass is 9.93. The molecule has 15 heavy (non-hydrogen) atoms. The molecule has 1 aromatic rings. The smallest absolute Gasteiger partial charge is 0.140 e. The number of rotatable bonds is 3. The molecule has 0 aliphatic heterocycles. The van der Waals surface area contributed by atoms with E-state index >= 15 is 0 Å². The van der Waals surface area contributed by atoms with Crippen molar-refractivity contribution in [2.75, 3.05) is 0 Å². The third kappa shape index (κ3) is 1.98. The predicted molar refractivity (Wildman–Crippen MR) is 60.2 cm³/mol. The minimum Gasteiger partial charge on any atom is -0.299 e. The zero-order chi connectivity index (χ0) is 11.1. The zero-order valence-corrected chi connectivity index (χ0v) is 10.1. The van der Waals surface area contributed by atoms with E-state index in [4.69, 9.17) is 0 Å². The molecule has 0 bridgehead atoms.